The van der Waals surface area contributed by atoms with Gasteiger partial charge >= 0.3 is 0 Å². The summed E-state index contributed by atoms with van der Waals surface area (Å²) < 4.78 is 1.24. The molecule has 0 spiro atoms. The lowest BCUT2D eigenvalue weighted by Gasteiger charge is -2.32. The van der Waals surface area contributed by atoms with Gasteiger partial charge in [-0.25, -0.2) is 0 Å². The largest absolute Gasteiger partial charge is 0.316 e. The maximum Gasteiger partial charge on any atom is 0.0441 e. The van der Waals surface area contributed by atoms with E-state index in [4.69, 9.17) is 11.6 Å². The lowest BCUT2D eigenvalue weighted by molar-refractivity contribution is 0.407. The highest BCUT2D eigenvalue weighted by Gasteiger charge is 2.30. The average Bonchev–Trinajstić information content (AvgIpc) is 2.86. The molecule has 19 heavy (non-hydrogen) atoms. The minimum absolute atomic E-state index is 0.456. The van der Waals surface area contributed by atoms with E-state index in [0.717, 1.165) is 24.5 Å². The molecular formula is C15H15BrClNS. The van der Waals surface area contributed by atoms with E-state index in [-0.39, 0.29) is 0 Å². The molecule has 0 saturated carbocycles. The second-order valence-corrected chi connectivity index (χ2v) is 7.07. The van der Waals surface area contributed by atoms with Gasteiger partial charge < -0.3 is 5.32 Å². The van der Waals surface area contributed by atoms with Gasteiger partial charge in [-0.2, -0.15) is 0 Å². The Hall–Kier alpha value is -0.350. The van der Waals surface area contributed by atoms with Crippen molar-refractivity contribution in [3.8, 4) is 0 Å². The molecule has 1 aromatic heterocycles. The highest BCUT2D eigenvalue weighted by atomic mass is 79.9. The molecule has 1 saturated heterocycles. The van der Waals surface area contributed by atoms with E-state index in [0.29, 0.717) is 11.8 Å². The molecule has 1 aromatic carbocycles. The highest BCUT2D eigenvalue weighted by molar-refractivity contribution is 9.10. The minimum Gasteiger partial charge on any atom is -0.316 e. The smallest absolute Gasteiger partial charge is 0.0441 e. The summed E-state index contributed by atoms with van der Waals surface area (Å²) in [5.41, 5.74) is 1.27. The van der Waals surface area contributed by atoms with Gasteiger partial charge in [-0.1, -0.05) is 29.8 Å². The number of hydrogen-bond donors (Lipinski definition) is 1. The molecule has 3 rings (SSSR count). The first-order valence-corrected chi connectivity index (χ1v) is 8.50. The van der Waals surface area contributed by atoms with Crippen LogP contribution in [0.4, 0.5) is 0 Å². The van der Waals surface area contributed by atoms with Crippen molar-refractivity contribution >= 4 is 38.9 Å². The molecule has 0 radical (unpaired) electrons. The predicted molar refractivity (Wildman–Crippen MR) is 86.4 cm³/mol. The van der Waals surface area contributed by atoms with Crippen LogP contribution >= 0.6 is 38.9 Å². The van der Waals surface area contributed by atoms with Crippen molar-refractivity contribution in [2.24, 2.45) is 0 Å². The monoisotopic (exact) mass is 355 g/mol. The first-order chi connectivity index (χ1) is 9.27. The summed E-state index contributed by atoms with van der Waals surface area (Å²) in [6.07, 6.45) is 1.16. The van der Waals surface area contributed by atoms with E-state index in [2.05, 4.69) is 44.8 Å². The molecule has 0 amide bonds. The molecular weight excluding hydrogens is 342 g/mol. The molecule has 2 atom stereocenters. The molecule has 2 heterocycles. The number of thiophene rings is 1. The Bertz CT molecular complexity index is 569. The number of hydrogen-bond acceptors (Lipinski definition) is 2. The Morgan fingerprint density at radius 3 is 2.79 bits per heavy atom. The van der Waals surface area contributed by atoms with Gasteiger partial charge in [0, 0.05) is 32.8 Å². The van der Waals surface area contributed by atoms with Gasteiger partial charge in [-0.05, 0) is 52.0 Å². The van der Waals surface area contributed by atoms with Crippen LogP contribution in [0.15, 0.2) is 40.2 Å². The molecule has 1 aliphatic rings. The van der Waals surface area contributed by atoms with Crippen LogP contribution in [-0.4, -0.2) is 13.1 Å². The van der Waals surface area contributed by atoms with Crippen LogP contribution in [-0.2, 0) is 0 Å². The van der Waals surface area contributed by atoms with E-state index in [9.17, 15) is 0 Å². The number of rotatable bonds is 2. The maximum atomic E-state index is 6.39. The molecule has 100 valence electrons. The highest BCUT2D eigenvalue weighted by Crippen LogP contribution is 2.44. The van der Waals surface area contributed by atoms with Crippen LogP contribution in [0, 0.1) is 0 Å². The zero-order valence-corrected chi connectivity index (χ0v) is 13.6. The summed E-state index contributed by atoms with van der Waals surface area (Å²) in [4.78, 5) is 1.45. The molecule has 1 aliphatic heterocycles. The maximum absolute atomic E-state index is 6.39. The quantitative estimate of drug-likeness (QED) is 0.796. The van der Waals surface area contributed by atoms with Crippen LogP contribution in [0.25, 0.3) is 0 Å². The third-order valence-corrected chi connectivity index (χ3v) is 6.12. The Morgan fingerprint density at radius 2 is 2.05 bits per heavy atom. The number of nitrogens with one attached hydrogen (secondary N) is 1. The van der Waals surface area contributed by atoms with Crippen molar-refractivity contribution in [3.63, 3.8) is 0 Å². The van der Waals surface area contributed by atoms with Gasteiger partial charge in [0.1, 0.15) is 0 Å². The molecule has 0 bridgehead atoms. The zero-order chi connectivity index (χ0) is 13.2. The molecule has 1 nitrogen and oxygen atoms in total. The standard InChI is InChI=1S/C15H15BrClNS/c16-13-6-8-19-15(13)11-5-7-18-9-12(11)10-3-1-2-4-14(10)17/h1-4,6,8,11-12,18H,5,7,9H2. The summed E-state index contributed by atoms with van der Waals surface area (Å²) in [6.45, 7) is 2.08. The number of piperidine rings is 1. The topological polar surface area (TPSA) is 12.0 Å². The Balaban J connectivity index is 1.98. The third kappa shape index (κ3) is 2.75. The lowest BCUT2D eigenvalue weighted by Crippen LogP contribution is -2.33. The molecule has 2 aromatic rings. The predicted octanol–water partition coefficient (Wildman–Crippen LogP) is 5.02. The SMILES string of the molecule is Clc1ccccc1C1CNCCC1c1sccc1Br. The van der Waals surface area contributed by atoms with Crippen LogP contribution in [0.2, 0.25) is 5.02 Å². The Morgan fingerprint density at radius 1 is 1.21 bits per heavy atom. The van der Waals surface area contributed by atoms with E-state index in [1.807, 2.05) is 23.5 Å². The van der Waals surface area contributed by atoms with Gasteiger partial charge in [-0.3, -0.25) is 0 Å². The lowest BCUT2D eigenvalue weighted by atomic mass is 9.80. The Labute approximate surface area is 131 Å². The second kappa shape index (κ2) is 5.96. The summed E-state index contributed by atoms with van der Waals surface area (Å²) in [6, 6.07) is 10.4. The van der Waals surface area contributed by atoms with Gasteiger partial charge in [0.15, 0.2) is 0 Å². The molecule has 2 unspecified atom stereocenters. The normalized spacial score (nSPS) is 23.5. The van der Waals surface area contributed by atoms with Crippen molar-refractivity contribution in [1.29, 1.82) is 0 Å². The molecule has 0 aliphatic carbocycles. The van der Waals surface area contributed by atoms with Crippen LogP contribution < -0.4 is 5.32 Å². The minimum atomic E-state index is 0.456. The summed E-state index contributed by atoms with van der Waals surface area (Å²) >= 11 is 11.9. The molecule has 1 N–H and O–H groups in total. The van der Waals surface area contributed by atoms with Crippen LogP contribution in [0.5, 0.6) is 0 Å². The van der Waals surface area contributed by atoms with E-state index >= 15 is 0 Å². The number of halogens is 2. The first-order valence-electron chi connectivity index (χ1n) is 6.45. The first kappa shape index (κ1) is 13.6. The third-order valence-electron chi connectivity index (χ3n) is 3.77. The fraction of sp³-hybridized carbons (Fsp3) is 0.333. The molecule has 1 fully saturated rings. The van der Waals surface area contributed by atoms with Crippen molar-refractivity contribution < 1.29 is 0 Å². The molecule has 4 heteroatoms. The van der Waals surface area contributed by atoms with Gasteiger partial charge in [0.05, 0.1) is 0 Å². The van der Waals surface area contributed by atoms with Gasteiger partial charge in [0.25, 0.3) is 0 Å². The average molecular weight is 357 g/mol. The zero-order valence-electron chi connectivity index (χ0n) is 10.4. The van der Waals surface area contributed by atoms with E-state index < -0.39 is 0 Å². The van der Waals surface area contributed by atoms with Crippen molar-refractivity contribution in [2.75, 3.05) is 13.1 Å². The van der Waals surface area contributed by atoms with Crippen LogP contribution in [0.1, 0.15) is 28.7 Å². The summed E-state index contributed by atoms with van der Waals surface area (Å²) in [5, 5.41) is 6.54. The van der Waals surface area contributed by atoms with Gasteiger partial charge in [-0.15, -0.1) is 11.3 Å². The van der Waals surface area contributed by atoms with Crippen molar-refractivity contribution in [2.45, 2.75) is 18.3 Å². The van der Waals surface area contributed by atoms with E-state index in [1.54, 1.807) is 0 Å². The van der Waals surface area contributed by atoms with Gasteiger partial charge in [0.2, 0.25) is 0 Å². The van der Waals surface area contributed by atoms with Crippen LogP contribution in [0.3, 0.4) is 0 Å². The fourth-order valence-corrected chi connectivity index (χ4v) is 4.99. The summed E-state index contributed by atoms with van der Waals surface area (Å²) in [5.74, 6) is 1.01. The van der Waals surface area contributed by atoms with Crippen molar-refractivity contribution in [3.05, 3.63) is 55.6 Å². The summed E-state index contributed by atoms with van der Waals surface area (Å²) in [7, 11) is 0. The van der Waals surface area contributed by atoms with E-state index in [1.165, 1.54) is 14.9 Å². The Kier molecular flexibility index (Phi) is 4.27. The second-order valence-electron chi connectivity index (χ2n) is 4.86. The van der Waals surface area contributed by atoms with Crippen molar-refractivity contribution in [1.82, 2.24) is 5.32 Å². The fourth-order valence-electron chi connectivity index (χ4n) is 2.84. The number of benzene rings is 1.